The number of sulfonamides is 1. The zero-order valence-corrected chi connectivity index (χ0v) is 21.4. The quantitative estimate of drug-likeness (QED) is 0.522. The number of amides is 1. The van der Waals surface area contributed by atoms with Gasteiger partial charge in [-0.1, -0.05) is 60.8 Å². The van der Waals surface area contributed by atoms with Crippen LogP contribution < -0.4 is 9.62 Å². The van der Waals surface area contributed by atoms with Gasteiger partial charge in [-0.25, -0.2) is 8.42 Å². The molecule has 6 nitrogen and oxygen atoms in total. The summed E-state index contributed by atoms with van der Waals surface area (Å²) in [5.74, 6) is -0.369. The molecule has 1 heterocycles. The minimum Gasteiger partial charge on any atom is -0.350 e. The molecule has 33 heavy (non-hydrogen) atoms. The van der Waals surface area contributed by atoms with Crippen LogP contribution in [0.3, 0.4) is 0 Å². The SMILES string of the molecule is CC[C@H](C(=O)NCc1ccccc1CN1CCCCC1)N(c1cc(Cl)cc(Cl)c1)S(C)(=O)=O. The Labute approximate surface area is 206 Å². The Kier molecular flexibility index (Phi) is 9.04. The van der Waals surface area contributed by atoms with Crippen LogP contribution in [0.2, 0.25) is 10.0 Å². The maximum absolute atomic E-state index is 13.2. The third kappa shape index (κ3) is 7.09. The van der Waals surface area contributed by atoms with E-state index in [1.54, 1.807) is 6.92 Å². The first-order valence-corrected chi connectivity index (χ1v) is 13.8. The van der Waals surface area contributed by atoms with E-state index in [2.05, 4.69) is 16.3 Å². The summed E-state index contributed by atoms with van der Waals surface area (Å²) in [4.78, 5) is 15.6. The van der Waals surface area contributed by atoms with Crippen molar-refractivity contribution in [1.82, 2.24) is 10.2 Å². The molecule has 0 aromatic heterocycles. The van der Waals surface area contributed by atoms with E-state index >= 15 is 0 Å². The molecule has 2 aromatic rings. The lowest BCUT2D eigenvalue weighted by Gasteiger charge is -2.30. The Morgan fingerprint density at radius 1 is 1.06 bits per heavy atom. The van der Waals surface area contributed by atoms with Crippen LogP contribution in [-0.4, -0.2) is 44.6 Å². The van der Waals surface area contributed by atoms with Gasteiger partial charge >= 0.3 is 0 Å². The molecule has 1 aliphatic rings. The van der Waals surface area contributed by atoms with Crippen LogP contribution >= 0.6 is 23.2 Å². The highest BCUT2D eigenvalue weighted by Crippen LogP contribution is 2.29. The molecular formula is C24H31Cl2N3O3S. The third-order valence-electron chi connectivity index (χ3n) is 5.85. The topological polar surface area (TPSA) is 69.7 Å². The predicted octanol–water partition coefficient (Wildman–Crippen LogP) is 4.84. The van der Waals surface area contributed by atoms with Crippen LogP contribution in [-0.2, 0) is 27.9 Å². The van der Waals surface area contributed by atoms with Crippen LogP contribution in [0, 0.1) is 0 Å². The second-order valence-electron chi connectivity index (χ2n) is 8.43. The summed E-state index contributed by atoms with van der Waals surface area (Å²) in [7, 11) is -3.77. The van der Waals surface area contributed by atoms with Crippen molar-refractivity contribution in [3.8, 4) is 0 Å². The minimum absolute atomic E-state index is 0.266. The summed E-state index contributed by atoms with van der Waals surface area (Å²) in [5, 5.41) is 3.55. The highest BCUT2D eigenvalue weighted by Gasteiger charge is 2.32. The van der Waals surface area contributed by atoms with Gasteiger partial charge in [0.05, 0.1) is 11.9 Å². The van der Waals surface area contributed by atoms with Crippen LogP contribution in [0.15, 0.2) is 42.5 Å². The van der Waals surface area contributed by atoms with Crippen molar-refractivity contribution in [3.05, 3.63) is 63.6 Å². The minimum atomic E-state index is -3.77. The van der Waals surface area contributed by atoms with Gasteiger partial charge in [-0.15, -0.1) is 0 Å². The molecule has 1 aliphatic heterocycles. The van der Waals surface area contributed by atoms with Crippen LogP contribution in [0.25, 0.3) is 0 Å². The van der Waals surface area contributed by atoms with Gasteiger partial charge in [-0.2, -0.15) is 0 Å². The highest BCUT2D eigenvalue weighted by atomic mass is 35.5. The number of rotatable bonds is 9. The molecule has 1 saturated heterocycles. The van der Waals surface area contributed by atoms with Gasteiger partial charge in [0, 0.05) is 23.1 Å². The first-order chi connectivity index (χ1) is 15.7. The molecule has 2 aromatic carbocycles. The number of carbonyl (C=O) groups excluding carboxylic acids is 1. The molecule has 180 valence electrons. The highest BCUT2D eigenvalue weighted by molar-refractivity contribution is 7.92. The van der Waals surface area contributed by atoms with Crippen molar-refractivity contribution in [1.29, 1.82) is 0 Å². The van der Waals surface area contributed by atoms with Crippen molar-refractivity contribution in [2.24, 2.45) is 0 Å². The van der Waals surface area contributed by atoms with E-state index in [4.69, 9.17) is 23.2 Å². The fourth-order valence-corrected chi connectivity index (χ4v) is 5.98. The van der Waals surface area contributed by atoms with E-state index in [9.17, 15) is 13.2 Å². The summed E-state index contributed by atoms with van der Waals surface area (Å²) in [5.41, 5.74) is 2.47. The lowest BCUT2D eigenvalue weighted by atomic mass is 10.0. The maximum Gasteiger partial charge on any atom is 0.244 e. The number of carbonyl (C=O) groups is 1. The lowest BCUT2D eigenvalue weighted by molar-refractivity contribution is -0.122. The Balaban J connectivity index is 1.78. The zero-order chi connectivity index (χ0) is 24.0. The fourth-order valence-electron chi connectivity index (χ4n) is 4.27. The molecule has 1 amide bonds. The van der Waals surface area contributed by atoms with Crippen molar-refractivity contribution in [3.63, 3.8) is 0 Å². The van der Waals surface area contributed by atoms with E-state index in [0.29, 0.717) is 23.0 Å². The van der Waals surface area contributed by atoms with E-state index in [-0.39, 0.29) is 11.6 Å². The Bertz CT molecular complexity index is 1050. The zero-order valence-electron chi connectivity index (χ0n) is 19.1. The number of likely N-dealkylation sites (tertiary alicyclic amines) is 1. The lowest BCUT2D eigenvalue weighted by Crippen LogP contribution is -2.49. The van der Waals surface area contributed by atoms with Crippen molar-refractivity contribution in [2.45, 2.75) is 51.7 Å². The molecule has 0 aliphatic carbocycles. The van der Waals surface area contributed by atoms with E-state index in [1.807, 2.05) is 18.2 Å². The number of benzene rings is 2. The largest absolute Gasteiger partial charge is 0.350 e. The number of hydrogen-bond donors (Lipinski definition) is 1. The van der Waals surface area contributed by atoms with Gasteiger partial charge in [-0.3, -0.25) is 14.0 Å². The number of nitrogens with one attached hydrogen (secondary N) is 1. The molecule has 1 atom stereocenters. The molecule has 0 spiro atoms. The molecule has 0 saturated carbocycles. The van der Waals surface area contributed by atoms with Crippen molar-refractivity contribution >= 4 is 44.8 Å². The Hall–Kier alpha value is -1.80. The smallest absolute Gasteiger partial charge is 0.244 e. The Morgan fingerprint density at radius 2 is 1.67 bits per heavy atom. The normalized spacial score (nSPS) is 15.8. The monoisotopic (exact) mass is 511 g/mol. The molecular weight excluding hydrogens is 481 g/mol. The summed E-state index contributed by atoms with van der Waals surface area (Å²) in [6.45, 7) is 5.13. The van der Waals surface area contributed by atoms with Crippen LogP contribution in [0.4, 0.5) is 5.69 Å². The molecule has 1 N–H and O–H groups in total. The van der Waals surface area contributed by atoms with Gasteiger partial charge in [-0.05, 0) is 61.7 Å². The first-order valence-electron chi connectivity index (χ1n) is 11.2. The van der Waals surface area contributed by atoms with Gasteiger partial charge < -0.3 is 5.32 Å². The van der Waals surface area contributed by atoms with Crippen LogP contribution in [0.5, 0.6) is 0 Å². The average molecular weight is 513 g/mol. The van der Waals surface area contributed by atoms with Gasteiger partial charge in [0.1, 0.15) is 6.04 Å². The van der Waals surface area contributed by atoms with E-state index < -0.39 is 16.1 Å². The standard InChI is InChI=1S/C24H31Cl2N3O3S/c1-3-23(29(33(2,31)32)22-14-20(25)13-21(26)15-22)24(30)27-16-18-9-5-6-10-19(18)17-28-11-7-4-8-12-28/h5-6,9-10,13-15,23H,3-4,7-8,11-12,16-17H2,1-2H3,(H,27,30)/t23-/m1/s1. The number of anilines is 1. The van der Waals surface area contributed by atoms with Gasteiger partial charge in [0.15, 0.2) is 0 Å². The maximum atomic E-state index is 13.2. The number of piperidine rings is 1. The summed E-state index contributed by atoms with van der Waals surface area (Å²) in [6.07, 6.45) is 5.07. The average Bonchev–Trinajstić information content (AvgIpc) is 2.75. The van der Waals surface area contributed by atoms with Crippen LogP contribution in [0.1, 0.15) is 43.7 Å². The molecule has 9 heteroatoms. The summed E-state index contributed by atoms with van der Waals surface area (Å²) < 4.78 is 26.4. The number of hydrogen-bond acceptors (Lipinski definition) is 4. The number of nitrogens with zero attached hydrogens (tertiary/aromatic N) is 2. The van der Waals surface area contributed by atoms with Crippen molar-refractivity contribution in [2.75, 3.05) is 23.7 Å². The fraction of sp³-hybridized carbons (Fsp3) is 0.458. The summed E-state index contributed by atoms with van der Waals surface area (Å²) in [6, 6.07) is 11.6. The molecule has 0 unspecified atom stereocenters. The first kappa shape index (κ1) is 25.8. The predicted molar refractivity (Wildman–Crippen MR) is 135 cm³/mol. The molecule has 3 rings (SSSR count). The second kappa shape index (κ2) is 11.6. The third-order valence-corrected chi connectivity index (χ3v) is 7.46. The summed E-state index contributed by atoms with van der Waals surface area (Å²) >= 11 is 12.2. The van der Waals surface area contributed by atoms with E-state index in [0.717, 1.165) is 35.8 Å². The number of halogens is 2. The van der Waals surface area contributed by atoms with Gasteiger partial charge in [0.2, 0.25) is 15.9 Å². The van der Waals surface area contributed by atoms with Gasteiger partial charge in [0.25, 0.3) is 0 Å². The second-order valence-corrected chi connectivity index (χ2v) is 11.2. The molecule has 1 fully saturated rings. The Morgan fingerprint density at radius 3 is 2.24 bits per heavy atom. The molecule has 0 bridgehead atoms. The van der Waals surface area contributed by atoms with Crippen molar-refractivity contribution < 1.29 is 13.2 Å². The van der Waals surface area contributed by atoms with E-state index in [1.165, 1.54) is 43.0 Å². The molecule has 0 radical (unpaired) electrons.